The molecule has 0 unspecified atom stereocenters. The molecule has 1 saturated heterocycles. The van der Waals surface area contributed by atoms with E-state index in [0.717, 1.165) is 53.6 Å². The lowest BCUT2D eigenvalue weighted by Gasteiger charge is -2.31. The fourth-order valence-corrected chi connectivity index (χ4v) is 4.31. The van der Waals surface area contributed by atoms with E-state index in [1.165, 1.54) is 0 Å². The molecule has 3 aromatic rings. The first-order chi connectivity index (χ1) is 14.7. The predicted molar refractivity (Wildman–Crippen MR) is 120 cm³/mol. The second-order valence-electron chi connectivity index (χ2n) is 7.31. The van der Waals surface area contributed by atoms with E-state index in [1.807, 2.05) is 60.8 Å². The Labute approximate surface area is 180 Å². The standard InChI is InChI=1S/C23H26N4O2S/c1-2-29-19-7-5-17(6-8-19)16-24-23(28)18-11-13-27(14-12-18)22-10-9-20(25-26-22)21-4-3-15-30-21/h3-10,15,18H,2,11-14,16H2,1H3,(H,24,28). The van der Waals surface area contributed by atoms with Gasteiger partial charge in [-0.05, 0) is 61.0 Å². The van der Waals surface area contributed by atoms with Gasteiger partial charge in [0.2, 0.25) is 5.91 Å². The van der Waals surface area contributed by atoms with E-state index in [1.54, 1.807) is 11.3 Å². The minimum atomic E-state index is 0.0438. The highest BCUT2D eigenvalue weighted by atomic mass is 32.1. The number of nitrogens with zero attached hydrogens (tertiary/aromatic N) is 3. The molecule has 0 saturated carbocycles. The number of benzene rings is 1. The number of carbonyl (C=O) groups is 1. The first-order valence-electron chi connectivity index (χ1n) is 10.3. The van der Waals surface area contributed by atoms with Crippen molar-refractivity contribution in [2.24, 2.45) is 5.92 Å². The minimum Gasteiger partial charge on any atom is -0.494 e. The summed E-state index contributed by atoms with van der Waals surface area (Å²) in [7, 11) is 0. The van der Waals surface area contributed by atoms with Gasteiger partial charge in [0, 0.05) is 25.6 Å². The van der Waals surface area contributed by atoms with Crippen LogP contribution in [-0.4, -0.2) is 35.8 Å². The maximum absolute atomic E-state index is 12.6. The van der Waals surface area contributed by atoms with Gasteiger partial charge < -0.3 is 15.0 Å². The Kier molecular flexibility index (Phi) is 6.59. The third-order valence-electron chi connectivity index (χ3n) is 5.31. The van der Waals surface area contributed by atoms with Gasteiger partial charge in [-0.25, -0.2) is 0 Å². The molecule has 156 valence electrons. The average Bonchev–Trinajstić information content (AvgIpc) is 3.34. The van der Waals surface area contributed by atoms with Gasteiger partial charge in [0.05, 0.1) is 11.5 Å². The van der Waals surface area contributed by atoms with Gasteiger partial charge in [-0.2, -0.15) is 0 Å². The summed E-state index contributed by atoms with van der Waals surface area (Å²) in [5, 5.41) is 13.9. The number of ether oxygens (including phenoxy) is 1. The predicted octanol–water partition coefficient (Wildman–Crippen LogP) is 4.14. The number of hydrogen-bond acceptors (Lipinski definition) is 6. The van der Waals surface area contributed by atoms with Gasteiger partial charge in [0.1, 0.15) is 11.4 Å². The number of anilines is 1. The number of carbonyl (C=O) groups excluding carboxylic acids is 1. The van der Waals surface area contributed by atoms with E-state index in [4.69, 9.17) is 4.74 Å². The van der Waals surface area contributed by atoms with Crippen molar-refractivity contribution in [3.05, 3.63) is 59.5 Å². The second-order valence-corrected chi connectivity index (χ2v) is 8.26. The highest BCUT2D eigenvalue weighted by Gasteiger charge is 2.25. The summed E-state index contributed by atoms with van der Waals surface area (Å²) in [6, 6.07) is 16.0. The Balaban J connectivity index is 1.25. The van der Waals surface area contributed by atoms with Crippen molar-refractivity contribution in [1.82, 2.24) is 15.5 Å². The Morgan fingerprint density at radius 2 is 1.93 bits per heavy atom. The van der Waals surface area contributed by atoms with Gasteiger partial charge in [-0.15, -0.1) is 21.5 Å². The molecule has 3 heterocycles. The molecule has 1 amide bonds. The van der Waals surface area contributed by atoms with Crippen LogP contribution in [0.3, 0.4) is 0 Å². The minimum absolute atomic E-state index is 0.0438. The zero-order valence-electron chi connectivity index (χ0n) is 17.1. The lowest BCUT2D eigenvalue weighted by atomic mass is 9.96. The Morgan fingerprint density at radius 3 is 2.57 bits per heavy atom. The molecule has 0 radical (unpaired) electrons. The molecule has 0 atom stereocenters. The van der Waals surface area contributed by atoms with E-state index < -0.39 is 0 Å². The third kappa shape index (κ3) is 4.97. The number of nitrogens with one attached hydrogen (secondary N) is 1. The fourth-order valence-electron chi connectivity index (χ4n) is 3.62. The zero-order chi connectivity index (χ0) is 20.8. The zero-order valence-corrected chi connectivity index (χ0v) is 17.9. The number of rotatable bonds is 7. The van der Waals surface area contributed by atoms with E-state index in [-0.39, 0.29) is 11.8 Å². The number of aromatic nitrogens is 2. The van der Waals surface area contributed by atoms with Crippen LogP contribution in [0.4, 0.5) is 5.82 Å². The molecule has 1 aliphatic heterocycles. The van der Waals surface area contributed by atoms with Gasteiger partial charge in [0.15, 0.2) is 5.82 Å². The van der Waals surface area contributed by atoms with Crippen LogP contribution in [0.25, 0.3) is 10.6 Å². The van der Waals surface area contributed by atoms with Crippen molar-refractivity contribution in [3.63, 3.8) is 0 Å². The van der Waals surface area contributed by atoms with Crippen molar-refractivity contribution in [2.45, 2.75) is 26.3 Å². The molecule has 7 heteroatoms. The number of thiophene rings is 1. The largest absolute Gasteiger partial charge is 0.494 e. The van der Waals surface area contributed by atoms with E-state index >= 15 is 0 Å². The van der Waals surface area contributed by atoms with Gasteiger partial charge in [0.25, 0.3) is 0 Å². The van der Waals surface area contributed by atoms with Crippen LogP contribution in [0.1, 0.15) is 25.3 Å². The Hall–Kier alpha value is -2.93. The number of piperidine rings is 1. The summed E-state index contributed by atoms with van der Waals surface area (Å²) in [6.07, 6.45) is 1.65. The van der Waals surface area contributed by atoms with Crippen molar-refractivity contribution < 1.29 is 9.53 Å². The molecule has 1 N–H and O–H groups in total. The van der Waals surface area contributed by atoms with Gasteiger partial charge in [-0.1, -0.05) is 18.2 Å². The summed E-state index contributed by atoms with van der Waals surface area (Å²) < 4.78 is 5.45. The summed E-state index contributed by atoms with van der Waals surface area (Å²) >= 11 is 1.66. The van der Waals surface area contributed by atoms with Crippen LogP contribution in [-0.2, 0) is 11.3 Å². The van der Waals surface area contributed by atoms with Crippen LogP contribution in [0.15, 0.2) is 53.9 Å². The molecule has 0 aliphatic carbocycles. The highest BCUT2D eigenvalue weighted by Crippen LogP contribution is 2.25. The number of amides is 1. The van der Waals surface area contributed by atoms with Crippen LogP contribution >= 0.6 is 11.3 Å². The van der Waals surface area contributed by atoms with Gasteiger partial charge >= 0.3 is 0 Å². The van der Waals surface area contributed by atoms with Crippen LogP contribution in [0, 0.1) is 5.92 Å². The third-order valence-corrected chi connectivity index (χ3v) is 6.21. The summed E-state index contributed by atoms with van der Waals surface area (Å²) in [5.74, 6) is 1.90. The molecule has 0 bridgehead atoms. The van der Waals surface area contributed by atoms with Crippen LogP contribution < -0.4 is 15.0 Å². The summed E-state index contributed by atoms with van der Waals surface area (Å²) in [4.78, 5) is 15.9. The lowest BCUT2D eigenvalue weighted by molar-refractivity contribution is -0.125. The topological polar surface area (TPSA) is 67.3 Å². The molecule has 0 spiro atoms. The summed E-state index contributed by atoms with van der Waals surface area (Å²) in [5.41, 5.74) is 1.97. The molecule has 1 aliphatic rings. The van der Waals surface area contributed by atoms with Gasteiger partial charge in [-0.3, -0.25) is 4.79 Å². The Bertz CT molecular complexity index is 934. The van der Waals surface area contributed by atoms with E-state index in [2.05, 4.69) is 20.4 Å². The normalized spacial score (nSPS) is 14.5. The number of hydrogen-bond donors (Lipinski definition) is 1. The van der Waals surface area contributed by atoms with Crippen LogP contribution in [0.2, 0.25) is 0 Å². The molecule has 6 nitrogen and oxygen atoms in total. The molecular formula is C23H26N4O2S. The summed E-state index contributed by atoms with van der Waals surface area (Å²) in [6.45, 7) is 4.79. The second kappa shape index (κ2) is 9.71. The first-order valence-corrected chi connectivity index (χ1v) is 11.2. The quantitative estimate of drug-likeness (QED) is 0.620. The van der Waals surface area contributed by atoms with Crippen molar-refractivity contribution in [1.29, 1.82) is 0 Å². The fraction of sp³-hybridized carbons (Fsp3) is 0.348. The van der Waals surface area contributed by atoms with Crippen molar-refractivity contribution >= 4 is 23.1 Å². The first kappa shape index (κ1) is 20.3. The SMILES string of the molecule is CCOc1ccc(CNC(=O)C2CCN(c3ccc(-c4cccs4)nn3)CC2)cc1. The molecule has 1 fully saturated rings. The molecule has 30 heavy (non-hydrogen) atoms. The average molecular weight is 423 g/mol. The van der Waals surface area contributed by atoms with E-state index in [0.29, 0.717) is 13.2 Å². The monoisotopic (exact) mass is 422 g/mol. The Morgan fingerprint density at radius 1 is 1.13 bits per heavy atom. The smallest absolute Gasteiger partial charge is 0.223 e. The lowest BCUT2D eigenvalue weighted by Crippen LogP contribution is -2.40. The van der Waals surface area contributed by atoms with Crippen LogP contribution in [0.5, 0.6) is 5.75 Å². The highest BCUT2D eigenvalue weighted by molar-refractivity contribution is 7.13. The maximum atomic E-state index is 12.6. The molecule has 2 aromatic heterocycles. The molecule has 1 aromatic carbocycles. The molecular weight excluding hydrogens is 396 g/mol. The van der Waals surface area contributed by atoms with Crippen molar-refractivity contribution in [3.8, 4) is 16.3 Å². The maximum Gasteiger partial charge on any atom is 0.223 e. The van der Waals surface area contributed by atoms with E-state index in [9.17, 15) is 4.79 Å². The van der Waals surface area contributed by atoms with Crippen molar-refractivity contribution in [2.75, 3.05) is 24.6 Å². The molecule has 4 rings (SSSR count).